The maximum atomic E-state index is 11.0. The van der Waals surface area contributed by atoms with Crippen molar-refractivity contribution in [1.29, 1.82) is 0 Å². The Balaban J connectivity index is 0. The van der Waals surface area contributed by atoms with Crippen molar-refractivity contribution < 1.29 is 18.9 Å². The van der Waals surface area contributed by atoms with Gasteiger partial charge in [-0.25, -0.2) is 4.79 Å². The van der Waals surface area contributed by atoms with Crippen molar-refractivity contribution in [2.45, 2.75) is 40.7 Å². The maximum absolute atomic E-state index is 11.0. The van der Waals surface area contributed by atoms with Crippen LogP contribution in [-0.4, -0.2) is 18.0 Å². The highest BCUT2D eigenvalue weighted by molar-refractivity contribution is 5.86. The molecule has 1 heterocycles. The van der Waals surface area contributed by atoms with Gasteiger partial charge in [-0.05, 0) is 0 Å². The van der Waals surface area contributed by atoms with Gasteiger partial charge < -0.3 is 9.15 Å². The molecule has 0 N–H and O–H groups in total. The summed E-state index contributed by atoms with van der Waals surface area (Å²) in [6, 6.07) is 1.31. The van der Waals surface area contributed by atoms with Crippen LogP contribution in [0, 0.1) is 10.1 Å². The van der Waals surface area contributed by atoms with Crippen molar-refractivity contribution in [2.75, 3.05) is 7.11 Å². The van der Waals surface area contributed by atoms with E-state index >= 15 is 0 Å². The molecule has 6 nitrogen and oxygen atoms in total. The van der Waals surface area contributed by atoms with E-state index in [-0.39, 0.29) is 13.2 Å². The lowest BCUT2D eigenvalue weighted by molar-refractivity contribution is -0.569. The molecule has 0 unspecified atom stereocenters. The Hall–Kier alpha value is -1.85. The number of ether oxygens (including phenoxy) is 1. The van der Waals surface area contributed by atoms with Crippen LogP contribution in [0.4, 0.5) is 0 Å². The van der Waals surface area contributed by atoms with Crippen molar-refractivity contribution in [3.8, 4) is 0 Å². The predicted octanol–water partition coefficient (Wildman–Crippen LogP) is 3.24. The van der Waals surface area contributed by atoms with Crippen molar-refractivity contribution in [3.05, 3.63) is 33.8 Å². The molecule has 0 radical (unpaired) electrons. The van der Waals surface area contributed by atoms with Crippen molar-refractivity contribution >= 4 is 5.97 Å². The Kier molecular flexibility index (Phi) is 7.68. The van der Waals surface area contributed by atoms with E-state index in [0.717, 1.165) is 0 Å². The smallest absolute Gasteiger partial charge is 0.373 e. The largest absolute Gasteiger partial charge is 0.463 e. The normalized spacial score (nSPS) is 9.61. The Morgan fingerprint density at radius 2 is 1.94 bits per heavy atom. The molecule has 0 aromatic carbocycles. The highest BCUT2D eigenvalue weighted by Gasteiger charge is 2.35. The third-order valence-corrected chi connectivity index (χ3v) is 2.15. The van der Waals surface area contributed by atoms with Crippen molar-refractivity contribution in [2.24, 2.45) is 0 Å². The average molecular weight is 259 g/mol. The molecule has 0 atom stereocenters. The summed E-state index contributed by atoms with van der Waals surface area (Å²) in [6.45, 7) is 6.86. The Labute approximate surface area is 107 Å². The summed E-state index contributed by atoms with van der Waals surface area (Å²) in [7, 11) is 1.21. The Morgan fingerprint density at radius 3 is 2.33 bits per heavy atom. The van der Waals surface area contributed by atoms with E-state index in [1.165, 1.54) is 33.3 Å². The van der Waals surface area contributed by atoms with Crippen LogP contribution in [0.25, 0.3) is 0 Å². The van der Waals surface area contributed by atoms with Gasteiger partial charge in [-0.3, -0.25) is 10.1 Å². The Morgan fingerprint density at radius 1 is 1.44 bits per heavy atom. The molecular formula is C12H21NO5. The standard InChI is InChI=1S/C9H11NO5.C2H6.CH4/c1-9(2,10(12)13)6-4-7(15-5-6)8(11)14-3;1-2;/h4-5H,1-3H3;1-2H3;1H4. The molecule has 1 aromatic heterocycles. The highest BCUT2D eigenvalue weighted by atomic mass is 16.6. The molecular weight excluding hydrogens is 238 g/mol. The van der Waals surface area contributed by atoms with E-state index in [9.17, 15) is 14.9 Å². The third-order valence-electron chi connectivity index (χ3n) is 2.15. The molecule has 0 aliphatic heterocycles. The quantitative estimate of drug-likeness (QED) is 0.472. The number of methoxy groups -OCH3 is 1. The topological polar surface area (TPSA) is 82.6 Å². The molecule has 0 amide bonds. The van der Waals surface area contributed by atoms with E-state index in [1.807, 2.05) is 13.8 Å². The number of esters is 1. The zero-order valence-corrected chi connectivity index (χ0v) is 10.6. The fourth-order valence-electron chi connectivity index (χ4n) is 0.970. The minimum atomic E-state index is -1.28. The fourth-order valence-corrected chi connectivity index (χ4v) is 0.970. The summed E-state index contributed by atoms with van der Waals surface area (Å²) in [4.78, 5) is 21.3. The zero-order valence-electron chi connectivity index (χ0n) is 10.6. The second kappa shape index (κ2) is 7.47. The first-order valence-electron chi connectivity index (χ1n) is 5.21. The highest BCUT2D eigenvalue weighted by Crippen LogP contribution is 2.25. The lowest BCUT2D eigenvalue weighted by Crippen LogP contribution is -2.27. The van der Waals surface area contributed by atoms with Gasteiger partial charge in [0.25, 0.3) is 0 Å². The maximum Gasteiger partial charge on any atom is 0.373 e. The van der Waals surface area contributed by atoms with Gasteiger partial charge in [0.15, 0.2) is 0 Å². The summed E-state index contributed by atoms with van der Waals surface area (Å²) in [6.07, 6.45) is 1.19. The van der Waals surface area contributed by atoms with E-state index in [1.54, 1.807) is 0 Å². The number of furan rings is 1. The van der Waals surface area contributed by atoms with Crippen LogP contribution < -0.4 is 0 Å². The van der Waals surface area contributed by atoms with E-state index in [0.29, 0.717) is 5.56 Å². The first kappa shape index (κ1) is 18.5. The van der Waals surface area contributed by atoms with Gasteiger partial charge in [-0.15, -0.1) is 0 Å². The average Bonchev–Trinajstić information content (AvgIpc) is 2.80. The molecule has 104 valence electrons. The number of hydrogen-bond donors (Lipinski definition) is 0. The second-order valence-electron chi connectivity index (χ2n) is 3.51. The van der Waals surface area contributed by atoms with Crippen LogP contribution in [0.5, 0.6) is 0 Å². The van der Waals surface area contributed by atoms with Crippen LogP contribution in [0.1, 0.15) is 51.2 Å². The third kappa shape index (κ3) is 3.87. The molecule has 1 aromatic rings. The summed E-state index contributed by atoms with van der Waals surface area (Å²) >= 11 is 0. The van der Waals surface area contributed by atoms with E-state index in [4.69, 9.17) is 4.42 Å². The minimum absolute atomic E-state index is 0. The fraction of sp³-hybridized carbons (Fsp3) is 0.583. The number of hydrogen-bond acceptors (Lipinski definition) is 5. The van der Waals surface area contributed by atoms with Crippen LogP contribution >= 0.6 is 0 Å². The zero-order chi connectivity index (χ0) is 13.6. The molecule has 0 spiro atoms. The summed E-state index contributed by atoms with van der Waals surface area (Å²) in [5.74, 6) is -0.692. The molecule has 0 saturated carbocycles. The number of nitro groups is 1. The Bertz CT molecular complexity index is 395. The number of carbonyl (C=O) groups is 1. The summed E-state index contributed by atoms with van der Waals surface area (Å²) < 4.78 is 9.30. The first-order chi connectivity index (χ1) is 7.89. The minimum Gasteiger partial charge on any atom is -0.463 e. The van der Waals surface area contributed by atoms with Gasteiger partial charge in [0.1, 0.15) is 6.26 Å². The van der Waals surface area contributed by atoms with Crippen molar-refractivity contribution in [3.63, 3.8) is 0 Å². The predicted molar refractivity (Wildman–Crippen MR) is 68.1 cm³/mol. The molecule has 1 rings (SSSR count). The van der Waals surface area contributed by atoms with Gasteiger partial charge >= 0.3 is 5.97 Å². The molecule has 6 heteroatoms. The van der Waals surface area contributed by atoms with Crippen LogP contribution in [0.15, 0.2) is 16.7 Å². The van der Waals surface area contributed by atoms with Crippen LogP contribution in [0.3, 0.4) is 0 Å². The van der Waals surface area contributed by atoms with E-state index in [2.05, 4.69) is 4.74 Å². The number of nitrogens with zero attached hydrogens (tertiary/aromatic N) is 1. The lowest BCUT2D eigenvalue weighted by atomic mass is 9.98. The first-order valence-corrected chi connectivity index (χ1v) is 5.21. The van der Waals surface area contributed by atoms with Gasteiger partial charge in [-0.1, -0.05) is 21.3 Å². The van der Waals surface area contributed by atoms with Gasteiger partial charge in [-0.2, -0.15) is 0 Å². The van der Waals surface area contributed by atoms with Gasteiger partial charge in [0, 0.05) is 24.8 Å². The molecule has 0 aliphatic rings. The molecule has 0 fully saturated rings. The van der Waals surface area contributed by atoms with Gasteiger partial charge in [0.2, 0.25) is 11.3 Å². The summed E-state index contributed by atoms with van der Waals surface area (Å²) in [5.41, 5.74) is -0.955. The van der Waals surface area contributed by atoms with Gasteiger partial charge in [0.05, 0.1) is 12.7 Å². The molecule has 0 bridgehead atoms. The van der Waals surface area contributed by atoms with Crippen molar-refractivity contribution in [1.82, 2.24) is 0 Å². The molecule has 0 saturated heterocycles. The molecule has 0 aliphatic carbocycles. The van der Waals surface area contributed by atoms with Crippen LogP contribution in [-0.2, 0) is 10.3 Å². The van der Waals surface area contributed by atoms with E-state index < -0.39 is 16.4 Å². The summed E-state index contributed by atoms with van der Waals surface area (Å²) in [5, 5.41) is 10.7. The van der Waals surface area contributed by atoms with Crippen LogP contribution in [0.2, 0.25) is 0 Å². The number of carbonyl (C=O) groups excluding carboxylic acids is 1. The monoisotopic (exact) mass is 259 g/mol. The number of rotatable bonds is 3. The second-order valence-corrected chi connectivity index (χ2v) is 3.51. The SMILES string of the molecule is C.CC.COC(=O)c1cc(C(C)(C)[N+](=O)[O-])co1. The lowest BCUT2D eigenvalue weighted by Gasteiger charge is -2.12. The molecule has 18 heavy (non-hydrogen) atoms.